The minimum absolute atomic E-state index is 0. The van der Waals surface area contributed by atoms with Crippen LogP contribution in [0.25, 0.3) is 16.6 Å². The van der Waals surface area contributed by atoms with Crippen molar-refractivity contribution in [2.75, 3.05) is 19.1 Å². The summed E-state index contributed by atoms with van der Waals surface area (Å²) in [6.07, 6.45) is 0.939. The van der Waals surface area contributed by atoms with Gasteiger partial charge >= 0.3 is 0 Å². The highest BCUT2D eigenvalue weighted by Crippen LogP contribution is 2.33. The van der Waals surface area contributed by atoms with Crippen LogP contribution in [0.2, 0.25) is 0 Å². The molecule has 0 amide bonds. The Bertz CT molecular complexity index is 1220. The fourth-order valence-electron chi connectivity index (χ4n) is 3.55. The van der Waals surface area contributed by atoms with Gasteiger partial charge in [-0.15, -0.1) is 5.10 Å². The first-order valence-corrected chi connectivity index (χ1v) is 8.84. The average molecular weight is 397 g/mol. The molecule has 150 valence electrons. The van der Waals surface area contributed by atoms with Gasteiger partial charge < -0.3 is 27.1 Å². The zero-order valence-corrected chi connectivity index (χ0v) is 15.6. The molecule has 2 aromatic heterocycles. The molecule has 0 saturated carbocycles. The van der Waals surface area contributed by atoms with E-state index in [-0.39, 0.29) is 24.7 Å². The summed E-state index contributed by atoms with van der Waals surface area (Å²) in [5.41, 5.74) is 14.3. The lowest BCUT2D eigenvalue weighted by molar-refractivity contribution is 0.174. The number of nitrogens with two attached hydrogens (primary N) is 2. The third kappa shape index (κ3) is 3.18. The predicted octanol–water partition coefficient (Wildman–Crippen LogP) is 1.98. The third-order valence-corrected chi connectivity index (χ3v) is 4.72. The first kappa shape index (κ1) is 18.8. The van der Waals surface area contributed by atoms with Crippen LogP contribution in [0.15, 0.2) is 30.3 Å². The van der Waals surface area contributed by atoms with Crippen LogP contribution in [-0.4, -0.2) is 32.9 Å². The minimum atomic E-state index is -0.366. The van der Waals surface area contributed by atoms with Crippen LogP contribution < -0.4 is 27.1 Å². The van der Waals surface area contributed by atoms with Crippen LogP contribution in [0.4, 0.5) is 10.3 Å². The van der Waals surface area contributed by atoms with Gasteiger partial charge in [0.2, 0.25) is 12.7 Å². The number of halogens is 1. The number of benzene rings is 2. The smallest absolute Gasteiger partial charge is 0.240 e. The second kappa shape index (κ2) is 7.15. The maximum absolute atomic E-state index is 14.2. The van der Waals surface area contributed by atoms with E-state index in [9.17, 15) is 4.39 Å². The van der Waals surface area contributed by atoms with Gasteiger partial charge in [0.05, 0.1) is 5.52 Å². The fourth-order valence-corrected chi connectivity index (χ4v) is 3.55. The number of aromatic nitrogens is 4. The Morgan fingerprint density at radius 1 is 1.10 bits per heavy atom. The molecule has 9 nitrogen and oxygen atoms in total. The Morgan fingerprint density at radius 3 is 2.76 bits per heavy atom. The van der Waals surface area contributed by atoms with Crippen LogP contribution in [0.5, 0.6) is 11.5 Å². The van der Waals surface area contributed by atoms with E-state index in [0.29, 0.717) is 53.3 Å². The summed E-state index contributed by atoms with van der Waals surface area (Å²) in [6, 6.07) is 8.52. The van der Waals surface area contributed by atoms with Crippen molar-refractivity contribution < 1.29 is 13.9 Å². The zero-order chi connectivity index (χ0) is 19.3. The molecule has 0 radical (unpaired) electrons. The molecule has 0 aliphatic carbocycles. The highest BCUT2D eigenvalue weighted by Gasteiger charge is 2.18. The first-order chi connectivity index (χ1) is 13.6. The third-order valence-electron chi connectivity index (χ3n) is 4.72. The van der Waals surface area contributed by atoms with Crippen LogP contribution in [0.3, 0.4) is 0 Å². The summed E-state index contributed by atoms with van der Waals surface area (Å²) in [5.74, 6) is 1.75. The summed E-state index contributed by atoms with van der Waals surface area (Å²) < 4.78 is 26.6. The van der Waals surface area contributed by atoms with Gasteiger partial charge in [-0.25, -0.2) is 9.37 Å². The molecule has 1 aliphatic rings. The van der Waals surface area contributed by atoms with Gasteiger partial charge in [-0.2, -0.15) is 9.50 Å². The van der Waals surface area contributed by atoms with Gasteiger partial charge in [0.25, 0.3) is 0 Å². The van der Waals surface area contributed by atoms with Crippen molar-refractivity contribution in [2.45, 2.75) is 12.8 Å². The number of hydrogen-bond donors (Lipinski definition) is 3. The maximum atomic E-state index is 14.2. The van der Waals surface area contributed by atoms with E-state index in [4.69, 9.17) is 20.9 Å². The highest BCUT2D eigenvalue weighted by atomic mass is 19.1. The average Bonchev–Trinajstić information content (AvgIpc) is 3.27. The lowest BCUT2D eigenvalue weighted by Gasteiger charge is -2.10. The lowest BCUT2D eigenvalue weighted by atomic mass is 10.1. The molecule has 10 heteroatoms. The number of hydrogen-bond acceptors (Lipinski definition) is 8. The van der Waals surface area contributed by atoms with Crippen molar-refractivity contribution in [3.05, 3.63) is 53.1 Å². The number of nitrogens with zero attached hydrogens (tertiary/aromatic N) is 4. The van der Waals surface area contributed by atoms with E-state index in [1.807, 2.05) is 18.2 Å². The van der Waals surface area contributed by atoms with E-state index in [0.717, 1.165) is 11.1 Å². The van der Waals surface area contributed by atoms with Gasteiger partial charge in [0, 0.05) is 17.9 Å². The van der Waals surface area contributed by atoms with Gasteiger partial charge in [0.1, 0.15) is 11.6 Å². The molecular formula is C19H20FN7O2. The first-order valence-electron chi connectivity index (χ1n) is 8.84. The Labute approximate surface area is 165 Å². The predicted molar refractivity (Wildman–Crippen MR) is 106 cm³/mol. The molecule has 0 fully saturated rings. The quantitative estimate of drug-likeness (QED) is 0.473. The standard InChI is InChI=1S/C19H17FN6O2.H3N/c20-12-7-11(3-4-21)17-13(8-12)23-16(26-18(17)24-19(22)25-26)6-10-1-2-14-15(5-10)28-9-27-14;/h1-2,5,7-8H,3-4,6,9,21H2,(H2,22,25);1H3. The van der Waals surface area contributed by atoms with E-state index in [1.54, 1.807) is 4.52 Å². The molecule has 0 saturated heterocycles. The van der Waals surface area contributed by atoms with Gasteiger partial charge in [-0.05, 0) is 42.3 Å². The number of ether oxygens (including phenoxy) is 2. The van der Waals surface area contributed by atoms with Crippen LogP contribution in [0, 0.1) is 5.82 Å². The molecular weight excluding hydrogens is 377 g/mol. The zero-order valence-electron chi connectivity index (χ0n) is 15.6. The number of rotatable bonds is 4. The lowest BCUT2D eigenvalue weighted by Crippen LogP contribution is -2.08. The van der Waals surface area contributed by atoms with E-state index < -0.39 is 0 Å². The highest BCUT2D eigenvalue weighted by molar-refractivity contribution is 5.94. The molecule has 0 spiro atoms. The Kier molecular flexibility index (Phi) is 4.65. The number of fused-ring (bicyclic) bond motifs is 4. The molecule has 29 heavy (non-hydrogen) atoms. The second-order valence-electron chi connectivity index (χ2n) is 6.60. The van der Waals surface area contributed by atoms with Crippen LogP contribution in [0.1, 0.15) is 17.0 Å². The minimum Gasteiger partial charge on any atom is -0.454 e. The second-order valence-corrected chi connectivity index (χ2v) is 6.60. The van der Waals surface area contributed by atoms with E-state index in [1.165, 1.54) is 12.1 Å². The summed E-state index contributed by atoms with van der Waals surface area (Å²) in [5, 5.41) is 5.01. The van der Waals surface area contributed by atoms with E-state index in [2.05, 4.69) is 15.1 Å². The number of anilines is 1. The monoisotopic (exact) mass is 397 g/mol. The largest absolute Gasteiger partial charge is 0.454 e. The maximum Gasteiger partial charge on any atom is 0.240 e. The number of nitrogen functional groups attached to an aromatic ring is 1. The van der Waals surface area contributed by atoms with Crippen molar-refractivity contribution >= 4 is 22.5 Å². The summed E-state index contributed by atoms with van der Waals surface area (Å²) in [7, 11) is 0. The Hall–Kier alpha value is -3.50. The fraction of sp³-hybridized carbons (Fsp3) is 0.211. The van der Waals surface area contributed by atoms with E-state index >= 15 is 0 Å². The van der Waals surface area contributed by atoms with Gasteiger partial charge in [0.15, 0.2) is 17.1 Å². The van der Waals surface area contributed by atoms with Crippen molar-refractivity contribution in [1.82, 2.24) is 25.7 Å². The molecule has 3 heterocycles. The molecule has 1 aliphatic heterocycles. The molecule has 0 atom stereocenters. The Morgan fingerprint density at radius 2 is 1.93 bits per heavy atom. The van der Waals surface area contributed by atoms with Crippen molar-refractivity contribution in [3.8, 4) is 11.5 Å². The van der Waals surface area contributed by atoms with Crippen LogP contribution >= 0.6 is 0 Å². The van der Waals surface area contributed by atoms with Gasteiger partial charge in [-0.1, -0.05) is 6.07 Å². The Balaban J connectivity index is 0.00000205. The topological polar surface area (TPSA) is 149 Å². The normalized spacial score (nSPS) is 12.5. The van der Waals surface area contributed by atoms with Crippen molar-refractivity contribution in [1.29, 1.82) is 0 Å². The van der Waals surface area contributed by atoms with Crippen LogP contribution in [-0.2, 0) is 12.8 Å². The molecule has 4 aromatic rings. The molecule has 0 unspecified atom stereocenters. The SMILES string of the molecule is N.NCCc1cc(F)cc2nc(Cc3ccc4c(c3)OCO4)n3nc(N)nc3c12. The summed E-state index contributed by atoms with van der Waals surface area (Å²) in [4.78, 5) is 9.02. The molecule has 5 rings (SSSR count). The van der Waals surface area contributed by atoms with Gasteiger partial charge in [-0.3, -0.25) is 0 Å². The summed E-state index contributed by atoms with van der Waals surface area (Å²) >= 11 is 0. The molecule has 0 bridgehead atoms. The molecule has 2 aromatic carbocycles. The van der Waals surface area contributed by atoms with Crippen molar-refractivity contribution in [2.24, 2.45) is 5.73 Å². The van der Waals surface area contributed by atoms with Crippen molar-refractivity contribution in [3.63, 3.8) is 0 Å². The summed E-state index contributed by atoms with van der Waals surface area (Å²) in [6.45, 7) is 0.591. The molecule has 7 N–H and O–H groups in total.